The number of nitrogens with zero attached hydrogens (tertiary/aromatic N) is 8. The third kappa shape index (κ3) is 9.70. The van der Waals surface area contributed by atoms with E-state index in [1.807, 2.05) is 118 Å². The van der Waals surface area contributed by atoms with Crippen LogP contribution in [0.5, 0.6) is 0 Å². The van der Waals surface area contributed by atoms with Crippen molar-refractivity contribution in [1.29, 1.82) is 0 Å². The van der Waals surface area contributed by atoms with Gasteiger partial charge in [-0.15, -0.1) is 0 Å². The third-order valence-corrected chi connectivity index (χ3v) is 11.1. The van der Waals surface area contributed by atoms with Crippen molar-refractivity contribution in [2.45, 2.75) is 13.3 Å². The van der Waals surface area contributed by atoms with Crippen LogP contribution in [0.1, 0.15) is 11.1 Å². The Bertz CT molecular complexity index is 3550. The lowest BCUT2D eigenvalue weighted by Crippen LogP contribution is -2.07. The number of halogens is 3. The molecule has 0 aliphatic carbocycles. The van der Waals surface area contributed by atoms with E-state index in [9.17, 15) is 4.79 Å². The van der Waals surface area contributed by atoms with Gasteiger partial charge in [0, 0.05) is 70.4 Å². The van der Waals surface area contributed by atoms with Gasteiger partial charge in [-0.1, -0.05) is 83.9 Å². The minimum absolute atomic E-state index is 0.0829. The SMILES string of the molecule is Cc1cc(=O)[nH]c2cc3oc4ccccc4c3cc12.Cn1ncc2c(NCCc3ccccc3)nc(Cl)nc21.Cn1ncc2c(Nc3cccc(Cl)c3)nc(Nc3cccc(Cl)c3)nc21. The number of para-hydroxylation sites is 1. The van der Waals surface area contributed by atoms with Gasteiger partial charge in [0.2, 0.25) is 16.8 Å². The van der Waals surface area contributed by atoms with Crippen LogP contribution in [0.4, 0.5) is 29.0 Å². The van der Waals surface area contributed by atoms with Gasteiger partial charge in [-0.25, -0.2) is 0 Å². The van der Waals surface area contributed by atoms with Gasteiger partial charge in [-0.2, -0.15) is 30.1 Å². The average molecular weight is 922 g/mol. The Morgan fingerprint density at radius 1 is 0.615 bits per heavy atom. The van der Waals surface area contributed by atoms with E-state index >= 15 is 0 Å². The molecule has 11 aromatic rings. The largest absolute Gasteiger partial charge is 0.456 e. The summed E-state index contributed by atoms with van der Waals surface area (Å²) in [7, 11) is 3.67. The molecule has 0 aliphatic rings. The second-order valence-electron chi connectivity index (χ2n) is 15.0. The van der Waals surface area contributed by atoms with Crippen molar-refractivity contribution < 1.29 is 4.42 Å². The second kappa shape index (κ2) is 18.7. The molecule has 0 fully saturated rings. The average Bonchev–Trinajstić information content (AvgIpc) is 3.97. The molecular weight excluding hydrogens is 883 g/mol. The Morgan fingerprint density at radius 3 is 2.00 bits per heavy atom. The summed E-state index contributed by atoms with van der Waals surface area (Å²) in [6, 6.07) is 38.7. The Balaban J connectivity index is 0.000000125. The fraction of sp³-hybridized carbons (Fsp3) is 0.104. The van der Waals surface area contributed by atoms with Gasteiger partial charge < -0.3 is 25.4 Å². The first-order chi connectivity index (χ1) is 31.5. The van der Waals surface area contributed by atoms with Crippen LogP contribution >= 0.6 is 34.8 Å². The number of aromatic amines is 1. The number of rotatable bonds is 8. The van der Waals surface area contributed by atoms with Crippen molar-refractivity contribution in [3.63, 3.8) is 0 Å². The second-order valence-corrected chi connectivity index (χ2v) is 16.2. The van der Waals surface area contributed by atoms with Gasteiger partial charge in [-0.3, -0.25) is 14.2 Å². The molecule has 0 aliphatic heterocycles. The van der Waals surface area contributed by atoms with Crippen LogP contribution in [-0.2, 0) is 20.5 Å². The summed E-state index contributed by atoms with van der Waals surface area (Å²) < 4.78 is 9.20. The highest BCUT2D eigenvalue weighted by Crippen LogP contribution is 2.32. The van der Waals surface area contributed by atoms with E-state index < -0.39 is 0 Å². The first-order valence-electron chi connectivity index (χ1n) is 20.4. The molecule has 6 heterocycles. The number of hydrogen-bond donors (Lipinski definition) is 4. The van der Waals surface area contributed by atoms with E-state index in [4.69, 9.17) is 39.2 Å². The zero-order valence-corrected chi connectivity index (χ0v) is 37.4. The summed E-state index contributed by atoms with van der Waals surface area (Å²) in [5.74, 6) is 1.80. The number of furan rings is 1. The molecule has 0 spiro atoms. The number of benzene rings is 5. The standard InChI is InChI=1S/C18H14Cl2N6.C16H11NO2.C14H14ClN5/c1-26-17-15(10-21-26)16(22-13-6-2-4-11(19)8-13)24-18(25-17)23-14-7-3-5-12(20)9-14;1-9-6-16(18)17-13-8-15-12(7-11(9)13)10-4-2-3-5-14(10)19-15;1-20-13-11(9-17-20)12(18-14(15)19-13)16-8-7-10-5-3-2-4-6-10/h2-10H,1H3,(H2,22,23,24,25);2-8H,1H3,(H,17,18);2-6,9H,7-8H2,1H3,(H,16,18,19). The molecule has 324 valence electrons. The number of aromatic nitrogens is 9. The Hall–Kier alpha value is -7.52. The quantitative estimate of drug-likeness (QED) is 0.107. The summed E-state index contributed by atoms with van der Waals surface area (Å²) in [4.78, 5) is 31.9. The third-order valence-electron chi connectivity index (χ3n) is 10.4. The Labute approximate surface area is 386 Å². The fourth-order valence-corrected chi connectivity index (χ4v) is 7.86. The maximum Gasteiger partial charge on any atom is 0.248 e. The number of H-pyrrole nitrogens is 1. The molecule has 14 nitrogen and oxygen atoms in total. The highest BCUT2D eigenvalue weighted by molar-refractivity contribution is 6.31. The Kier molecular flexibility index (Phi) is 12.3. The van der Waals surface area contributed by atoms with Gasteiger partial charge in [0.05, 0.1) is 28.7 Å². The van der Waals surface area contributed by atoms with Crippen LogP contribution in [0.2, 0.25) is 15.3 Å². The van der Waals surface area contributed by atoms with Gasteiger partial charge in [0.25, 0.3) is 0 Å². The zero-order valence-electron chi connectivity index (χ0n) is 35.1. The number of pyridine rings is 1. The van der Waals surface area contributed by atoms with Crippen LogP contribution in [0.15, 0.2) is 143 Å². The molecule has 0 saturated heterocycles. The van der Waals surface area contributed by atoms with E-state index in [0.29, 0.717) is 27.5 Å². The van der Waals surface area contributed by atoms with Crippen LogP contribution in [-0.4, -0.2) is 51.0 Å². The first kappa shape index (κ1) is 42.8. The number of fused-ring (bicyclic) bond motifs is 6. The highest BCUT2D eigenvalue weighted by Gasteiger charge is 2.14. The van der Waals surface area contributed by atoms with E-state index in [0.717, 1.165) is 85.0 Å². The number of nitrogens with one attached hydrogen (secondary N) is 4. The van der Waals surface area contributed by atoms with Gasteiger partial charge in [-0.05, 0) is 84.6 Å². The Morgan fingerprint density at radius 2 is 1.28 bits per heavy atom. The fourth-order valence-electron chi connectivity index (χ4n) is 7.32. The van der Waals surface area contributed by atoms with Crippen molar-refractivity contribution in [1.82, 2.24) is 44.5 Å². The van der Waals surface area contributed by atoms with Crippen molar-refractivity contribution in [3.8, 4) is 0 Å². The van der Waals surface area contributed by atoms with Crippen molar-refractivity contribution >= 4 is 119 Å². The molecule has 0 amide bonds. The summed E-state index contributed by atoms with van der Waals surface area (Å²) >= 11 is 18.1. The molecule has 5 aromatic carbocycles. The molecule has 17 heteroatoms. The van der Waals surface area contributed by atoms with Crippen molar-refractivity contribution in [2.24, 2.45) is 14.1 Å². The topological polar surface area (TPSA) is 169 Å². The lowest BCUT2D eigenvalue weighted by Gasteiger charge is -2.11. The predicted octanol–water partition coefficient (Wildman–Crippen LogP) is 11.6. The molecule has 6 aromatic heterocycles. The van der Waals surface area contributed by atoms with Gasteiger partial charge in [0.15, 0.2) is 11.3 Å². The molecule has 0 atom stereocenters. The van der Waals surface area contributed by atoms with E-state index in [-0.39, 0.29) is 10.8 Å². The van der Waals surface area contributed by atoms with Gasteiger partial charge >= 0.3 is 0 Å². The van der Waals surface area contributed by atoms with E-state index in [2.05, 4.69) is 69.3 Å². The molecular formula is C48H39Cl3N12O2. The maximum atomic E-state index is 11.5. The van der Waals surface area contributed by atoms with Crippen LogP contribution < -0.4 is 21.5 Å². The van der Waals surface area contributed by atoms with E-state index in [1.54, 1.807) is 27.8 Å². The summed E-state index contributed by atoms with van der Waals surface area (Å²) in [6.45, 7) is 2.73. The molecule has 0 saturated carbocycles. The molecule has 0 unspecified atom stereocenters. The van der Waals surface area contributed by atoms with E-state index in [1.165, 1.54) is 5.56 Å². The zero-order chi connectivity index (χ0) is 45.0. The smallest absolute Gasteiger partial charge is 0.248 e. The first-order valence-corrected chi connectivity index (χ1v) is 21.5. The van der Waals surface area contributed by atoms with Crippen LogP contribution in [0.3, 0.4) is 0 Å². The molecule has 0 bridgehead atoms. The summed E-state index contributed by atoms with van der Waals surface area (Å²) in [6.07, 6.45) is 4.39. The maximum absolute atomic E-state index is 11.5. The highest BCUT2D eigenvalue weighted by atomic mass is 35.5. The monoisotopic (exact) mass is 920 g/mol. The number of aryl methyl sites for hydroxylation is 3. The number of hydrogen-bond acceptors (Lipinski definition) is 11. The lowest BCUT2D eigenvalue weighted by atomic mass is 10.1. The minimum atomic E-state index is -0.0829. The summed E-state index contributed by atoms with van der Waals surface area (Å²) in [5.41, 5.74) is 7.72. The predicted molar refractivity (Wildman–Crippen MR) is 262 cm³/mol. The van der Waals surface area contributed by atoms with Crippen LogP contribution in [0, 0.1) is 6.92 Å². The molecule has 65 heavy (non-hydrogen) atoms. The van der Waals surface area contributed by atoms with Crippen molar-refractivity contribution in [2.75, 3.05) is 22.5 Å². The summed E-state index contributed by atoms with van der Waals surface area (Å²) in [5, 5.41) is 24.6. The normalized spacial score (nSPS) is 11.1. The van der Waals surface area contributed by atoms with Gasteiger partial charge in [0.1, 0.15) is 22.8 Å². The minimum Gasteiger partial charge on any atom is -0.456 e. The molecule has 11 rings (SSSR count). The van der Waals surface area contributed by atoms with Crippen molar-refractivity contribution in [3.05, 3.63) is 171 Å². The molecule has 0 radical (unpaired) electrons. The molecule has 4 N–H and O–H groups in total. The number of anilines is 5. The van der Waals surface area contributed by atoms with Crippen LogP contribution in [0.25, 0.3) is 54.9 Å². The lowest BCUT2D eigenvalue weighted by molar-refractivity contribution is 0.669.